The van der Waals surface area contributed by atoms with Crippen LogP contribution >= 0.6 is 0 Å². The van der Waals surface area contributed by atoms with Crippen LogP contribution < -0.4 is 9.62 Å². The van der Waals surface area contributed by atoms with E-state index in [9.17, 15) is 13.2 Å². The van der Waals surface area contributed by atoms with E-state index in [1.54, 1.807) is 12.1 Å². The van der Waals surface area contributed by atoms with Crippen molar-refractivity contribution in [1.82, 2.24) is 4.90 Å². The molecule has 0 atom stereocenters. The van der Waals surface area contributed by atoms with Gasteiger partial charge < -0.3 is 10.2 Å². The second-order valence-electron chi connectivity index (χ2n) is 7.86. The van der Waals surface area contributed by atoms with E-state index in [0.717, 1.165) is 50.0 Å². The fourth-order valence-corrected chi connectivity index (χ4v) is 5.22. The summed E-state index contributed by atoms with van der Waals surface area (Å²) in [6.07, 6.45) is 4.62. The topological polar surface area (TPSA) is 69.7 Å². The van der Waals surface area contributed by atoms with Crippen LogP contribution in [0.5, 0.6) is 0 Å². The van der Waals surface area contributed by atoms with E-state index in [1.165, 1.54) is 10.6 Å². The van der Waals surface area contributed by atoms with Crippen molar-refractivity contribution in [3.63, 3.8) is 0 Å². The Morgan fingerprint density at radius 1 is 1.03 bits per heavy atom. The molecule has 2 aromatic rings. The molecule has 1 fully saturated rings. The predicted molar refractivity (Wildman–Crippen MR) is 116 cm³/mol. The third kappa shape index (κ3) is 4.40. The smallest absolute Gasteiger partial charge is 0.253 e. The van der Waals surface area contributed by atoms with Crippen LogP contribution in [0.1, 0.15) is 35.2 Å². The van der Waals surface area contributed by atoms with Gasteiger partial charge in [-0.25, -0.2) is 8.42 Å². The number of fused-ring (bicyclic) bond motifs is 1. The molecule has 2 aliphatic rings. The Morgan fingerprint density at radius 3 is 2.45 bits per heavy atom. The molecule has 0 unspecified atom stereocenters. The predicted octanol–water partition coefficient (Wildman–Crippen LogP) is 3.12. The number of nitrogens with one attached hydrogen (secondary N) is 1. The van der Waals surface area contributed by atoms with E-state index >= 15 is 0 Å². The summed E-state index contributed by atoms with van der Waals surface area (Å²) in [5.41, 5.74) is 3.41. The van der Waals surface area contributed by atoms with Crippen LogP contribution in [0.15, 0.2) is 48.5 Å². The van der Waals surface area contributed by atoms with Gasteiger partial charge in [0.2, 0.25) is 10.0 Å². The number of para-hydroxylation sites is 1. The molecule has 1 N–H and O–H groups in total. The van der Waals surface area contributed by atoms with Gasteiger partial charge in [0.1, 0.15) is 0 Å². The summed E-state index contributed by atoms with van der Waals surface area (Å²) in [7, 11) is -3.29. The molecule has 1 amide bonds. The first kappa shape index (κ1) is 19.8. The minimum atomic E-state index is -3.29. The van der Waals surface area contributed by atoms with Crippen molar-refractivity contribution < 1.29 is 13.2 Å². The van der Waals surface area contributed by atoms with Crippen molar-refractivity contribution in [2.45, 2.75) is 31.7 Å². The third-order valence-corrected chi connectivity index (χ3v) is 6.91. The third-order valence-electron chi connectivity index (χ3n) is 5.73. The molecule has 0 bridgehead atoms. The highest BCUT2D eigenvalue weighted by Crippen LogP contribution is 2.30. The van der Waals surface area contributed by atoms with E-state index in [2.05, 4.69) is 17.4 Å². The first-order valence-electron chi connectivity index (χ1n) is 10.1. The maximum atomic E-state index is 13.0. The molecular weight excluding hydrogens is 386 g/mol. The molecular formula is C22H27N3O3S. The fourth-order valence-electron chi connectivity index (χ4n) is 4.22. The molecule has 0 aliphatic carbocycles. The Balaban J connectivity index is 1.42. The normalized spacial score (nSPS) is 17.7. The van der Waals surface area contributed by atoms with Crippen LogP contribution in [-0.2, 0) is 16.4 Å². The average molecular weight is 414 g/mol. The maximum Gasteiger partial charge on any atom is 0.253 e. The lowest BCUT2D eigenvalue weighted by Gasteiger charge is -2.33. The van der Waals surface area contributed by atoms with Crippen LogP contribution in [0.2, 0.25) is 0 Å². The number of piperidine rings is 1. The van der Waals surface area contributed by atoms with Gasteiger partial charge >= 0.3 is 0 Å². The second-order valence-corrected chi connectivity index (χ2v) is 9.77. The van der Waals surface area contributed by atoms with Crippen molar-refractivity contribution in [2.75, 3.05) is 35.5 Å². The molecule has 0 aromatic heterocycles. The van der Waals surface area contributed by atoms with Gasteiger partial charge in [-0.2, -0.15) is 0 Å². The highest BCUT2D eigenvalue weighted by atomic mass is 32.2. The number of carbonyl (C=O) groups excluding carboxylic acids is 1. The zero-order chi connectivity index (χ0) is 20.4. The monoisotopic (exact) mass is 413 g/mol. The average Bonchev–Trinajstić information content (AvgIpc) is 2.73. The van der Waals surface area contributed by atoms with E-state index in [0.29, 0.717) is 23.8 Å². The number of aryl methyl sites for hydroxylation is 1. The van der Waals surface area contributed by atoms with Gasteiger partial charge in [-0.05, 0) is 61.6 Å². The summed E-state index contributed by atoms with van der Waals surface area (Å²) in [5, 5.41) is 3.54. The van der Waals surface area contributed by atoms with Crippen LogP contribution in [0.25, 0.3) is 0 Å². The quantitative estimate of drug-likeness (QED) is 0.836. The van der Waals surface area contributed by atoms with E-state index < -0.39 is 10.0 Å². The summed E-state index contributed by atoms with van der Waals surface area (Å²) >= 11 is 0. The van der Waals surface area contributed by atoms with Crippen LogP contribution in [0, 0.1) is 0 Å². The minimum absolute atomic E-state index is 0.0300. The van der Waals surface area contributed by atoms with Crippen LogP contribution in [0.3, 0.4) is 0 Å². The van der Waals surface area contributed by atoms with Gasteiger partial charge in [0.15, 0.2) is 0 Å². The van der Waals surface area contributed by atoms with E-state index in [-0.39, 0.29) is 5.91 Å². The Bertz CT molecular complexity index is 984. The number of likely N-dealkylation sites (tertiary alicyclic amines) is 1. The highest BCUT2D eigenvalue weighted by Gasteiger charge is 2.27. The molecule has 0 saturated carbocycles. The number of sulfonamides is 1. The van der Waals surface area contributed by atoms with Crippen molar-refractivity contribution in [2.24, 2.45) is 0 Å². The fraction of sp³-hybridized carbons (Fsp3) is 0.409. The molecule has 0 spiro atoms. The van der Waals surface area contributed by atoms with Gasteiger partial charge in [0, 0.05) is 36.9 Å². The lowest BCUT2D eigenvalue weighted by atomic mass is 9.99. The van der Waals surface area contributed by atoms with Gasteiger partial charge in [-0.1, -0.05) is 18.2 Å². The maximum absolute atomic E-state index is 13.0. The molecule has 6 nitrogen and oxygen atoms in total. The summed E-state index contributed by atoms with van der Waals surface area (Å²) < 4.78 is 25.5. The molecule has 29 heavy (non-hydrogen) atoms. The second kappa shape index (κ2) is 8.06. The SMILES string of the molecule is CS(=O)(=O)N1CCCc2cc(C(=O)N3CCC(Nc4ccccc4)CC3)ccc21. The van der Waals surface area contributed by atoms with E-state index in [1.807, 2.05) is 29.2 Å². The Morgan fingerprint density at radius 2 is 1.76 bits per heavy atom. The van der Waals surface area contributed by atoms with Crippen molar-refractivity contribution in [3.05, 3.63) is 59.7 Å². The molecule has 154 valence electrons. The van der Waals surface area contributed by atoms with Crippen molar-refractivity contribution in [3.8, 4) is 0 Å². The standard InChI is InChI=1S/C22H27N3O3S/c1-29(27,28)25-13-5-6-17-16-18(9-10-21(17)25)22(26)24-14-11-20(12-15-24)23-19-7-3-2-4-8-19/h2-4,7-10,16,20,23H,5-6,11-15H2,1H3. The highest BCUT2D eigenvalue weighted by molar-refractivity contribution is 7.92. The lowest BCUT2D eigenvalue weighted by molar-refractivity contribution is 0.0718. The van der Waals surface area contributed by atoms with Crippen molar-refractivity contribution in [1.29, 1.82) is 0 Å². The number of anilines is 2. The number of amides is 1. The molecule has 2 heterocycles. The molecule has 1 saturated heterocycles. The van der Waals surface area contributed by atoms with Crippen molar-refractivity contribution >= 4 is 27.3 Å². The Hall–Kier alpha value is -2.54. The number of nitrogens with zero attached hydrogens (tertiary/aromatic N) is 2. The first-order valence-corrected chi connectivity index (χ1v) is 12.0. The summed E-state index contributed by atoms with van der Waals surface area (Å²) in [6.45, 7) is 1.94. The Labute approximate surface area is 172 Å². The largest absolute Gasteiger partial charge is 0.382 e. The number of rotatable bonds is 4. The number of carbonyl (C=O) groups is 1. The van der Waals surface area contributed by atoms with Crippen LogP contribution in [-0.4, -0.2) is 51.2 Å². The molecule has 2 aliphatic heterocycles. The van der Waals surface area contributed by atoms with Crippen LogP contribution in [0.4, 0.5) is 11.4 Å². The summed E-state index contributed by atoms with van der Waals surface area (Å²) in [4.78, 5) is 14.9. The van der Waals surface area contributed by atoms with Gasteiger partial charge in [0.05, 0.1) is 11.9 Å². The summed E-state index contributed by atoms with van der Waals surface area (Å²) in [6, 6.07) is 15.9. The molecule has 7 heteroatoms. The number of benzene rings is 2. The lowest BCUT2D eigenvalue weighted by Crippen LogP contribution is -2.42. The number of hydrogen-bond donors (Lipinski definition) is 1. The molecule has 4 rings (SSSR count). The summed E-state index contributed by atoms with van der Waals surface area (Å²) in [5.74, 6) is 0.0300. The van der Waals surface area contributed by atoms with Gasteiger partial charge in [-0.15, -0.1) is 0 Å². The Kier molecular flexibility index (Phi) is 5.50. The van der Waals surface area contributed by atoms with E-state index in [4.69, 9.17) is 0 Å². The zero-order valence-electron chi connectivity index (χ0n) is 16.7. The number of hydrogen-bond acceptors (Lipinski definition) is 4. The first-order chi connectivity index (χ1) is 13.9. The molecule has 2 aromatic carbocycles. The molecule has 0 radical (unpaired) electrons. The van der Waals surface area contributed by atoms with Gasteiger partial charge in [-0.3, -0.25) is 9.10 Å². The zero-order valence-corrected chi connectivity index (χ0v) is 17.5. The minimum Gasteiger partial charge on any atom is -0.382 e. The van der Waals surface area contributed by atoms with Gasteiger partial charge in [0.25, 0.3) is 5.91 Å².